The SMILES string of the molecule is CS(=O)(=O)N(CCCCCCC(=O)O)CCCC(O)COc1ccccc1F. The first-order chi connectivity index (χ1) is 13.2. The molecule has 0 saturated carbocycles. The lowest BCUT2D eigenvalue weighted by Gasteiger charge is -2.20. The maximum absolute atomic E-state index is 13.5. The molecule has 1 aromatic carbocycles. The molecule has 160 valence electrons. The van der Waals surface area contributed by atoms with Crippen molar-refractivity contribution < 1.29 is 32.6 Å². The Hall–Kier alpha value is -1.71. The average Bonchev–Trinajstić information content (AvgIpc) is 2.61. The minimum atomic E-state index is -3.35. The van der Waals surface area contributed by atoms with E-state index in [2.05, 4.69) is 0 Å². The van der Waals surface area contributed by atoms with Crippen LogP contribution in [-0.2, 0) is 14.8 Å². The fraction of sp³-hybridized carbons (Fsp3) is 0.632. The Morgan fingerprint density at radius 3 is 2.43 bits per heavy atom. The van der Waals surface area contributed by atoms with E-state index in [4.69, 9.17) is 9.84 Å². The number of carboxylic acids is 1. The van der Waals surface area contributed by atoms with Crippen molar-refractivity contribution >= 4 is 16.0 Å². The summed E-state index contributed by atoms with van der Waals surface area (Å²) in [4.78, 5) is 10.5. The highest BCUT2D eigenvalue weighted by molar-refractivity contribution is 7.88. The molecule has 2 N–H and O–H groups in total. The predicted molar refractivity (Wildman–Crippen MR) is 104 cm³/mol. The van der Waals surface area contributed by atoms with Crippen molar-refractivity contribution in [1.29, 1.82) is 0 Å². The monoisotopic (exact) mass is 419 g/mol. The van der Waals surface area contributed by atoms with Crippen LogP contribution in [0.15, 0.2) is 24.3 Å². The summed E-state index contributed by atoms with van der Waals surface area (Å²) in [5.41, 5.74) is 0. The average molecular weight is 420 g/mol. The van der Waals surface area contributed by atoms with Crippen molar-refractivity contribution in [2.75, 3.05) is 26.0 Å². The van der Waals surface area contributed by atoms with Gasteiger partial charge in [0.2, 0.25) is 10.0 Å². The first-order valence-electron chi connectivity index (χ1n) is 9.42. The van der Waals surface area contributed by atoms with Crippen LogP contribution in [-0.4, -0.2) is 61.0 Å². The molecule has 0 aromatic heterocycles. The number of aliphatic hydroxyl groups is 1. The molecule has 0 saturated heterocycles. The number of ether oxygens (including phenoxy) is 1. The van der Waals surface area contributed by atoms with Gasteiger partial charge in [0.1, 0.15) is 6.61 Å². The molecule has 0 amide bonds. The van der Waals surface area contributed by atoms with E-state index in [1.54, 1.807) is 12.1 Å². The molecular weight excluding hydrogens is 389 g/mol. The van der Waals surface area contributed by atoms with E-state index in [1.165, 1.54) is 16.4 Å². The Kier molecular flexibility index (Phi) is 11.0. The molecule has 0 aliphatic rings. The molecule has 0 bridgehead atoms. The van der Waals surface area contributed by atoms with Crippen LogP contribution in [0.3, 0.4) is 0 Å². The lowest BCUT2D eigenvalue weighted by atomic mass is 10.1. The smallest absolute Gasteiger partial charge is 0.303 e. The summed E-state index contributed by atoms with van der Waals surface area (Å²) < 4.78 is 43.8. The summed E-state index contributed by atoms with van der Waals surface area (Å²) in [7, 11) is -3.35. The van der Waals surface area contributed by atoms with E-state index < -0.39 is 27.9 Å². The number of hydrogen-bond acceptors (Lipinski definition) is 5. The molecule has 1 aromatic rings. The molecule has 7 nitrogen and oxygen atoms in total. The fourth-order valence-corrected chi connectivity index (χ4v) is 3.62. The van der Waals surface area contributed by atoms with Gasteiger partial charge < -0.3 is 14.9 Å². The second-order valence-corrected chi connectivity index (χ2v) is 8.74. The minimum Gasteiger partial charge on any atom is -0.488 e. The minimum absolute atomic E-state index is 0.0661. The third kappa shape index (κ3) is 10.6. The Morgan fingerprint density at radius 2 is 1.79 bits per heavy atom. The molecule has 1 rings (SSSR count). The van der Waals surface area contributed by atoms with Gasteiger partial charge in [-0.15, -0.1) is 0 Å². The Morgan fingerprint density at radius 1 is 1.14 bits per heavy atom. The van der Waals surface area contributed by atoms with Crippen molar-refractivity contribution in [3.8, 4) is 5.75 Å². The number of aliphatic carboxylic acids is 1. The standard InChI is InChI=1S/C19H30FNO6S/c1-28(25,26)21(13-7-3-2-4-12-19(23)24)14-8-9-16(22)15-27-18-11-6-5-10-17(18)20/h5-6,10-11,16,22H,2-4,7-9,12-15H2,1H3,(H,23,24). The van der Waals surface area contributed by atoms with Crippen LogP contribution in [0.5, 0.6) is 5.75 Å². The number of hydrogen-bond donors (Lipinski definition) is 2. The number of benzene rings is 1. The summed E-state index contributed by atoms with van der Waals surface area (Å²) in [5.74, 6) is -1.25. The number of nitrogens with zero attached hydrogens (tertiary/aromatic N) is 1. The van der Waals surface area contributed by atoms with Crippen molar-refractivity contribution in [2.45, 2.75) is 51.0 Å². The first-order valence-corrected chi connectivity index (χ1v) is 11.3. The highest BCUT2D eigenvalue weighted by atomic mass is 32.2. The number of carbonyl (C=O) groups is 1. The maximum atomic E-state index is 13.5. The number of unbranched alkanes of at least 4 members (excludes halogenated alkanes) is 3. The van der Waals surface area contributed by atoms with Gasteiger partial charge in [0.05, 0.1) is 12.4 Å². The van der Waals surface area contributed by atoms with Crippen LogP contribution < -0.4 is 4.74 Å². The highest BCUT2D eigenvalue weighted by Crippen LogP contribution is 2.16. The Balaban J connectivity index is 2.28. The Bertz CT molecular complexity index is 697. The molecule has 0 spiro atoms. The van der Waals surface area contributed by atoms with E-state index in [0.717, 1.165) is 19.1 Å². The van der Waals surface area contributed by atoms with E-state index in [1.807, 2.05) is 0 Å². The van der Waals surface area contributed by atoms with E-state index in [9.17, 15) is 22.7 Å². The largest absolute Gasteiger partial charge is 0.488 e. The molecule has 1 atom stereocenters. The van der Waals surface area contributed by atoms with Gasteiger partial charge in [-0.05, 0) is 37.8 Å². The molecule has 1 unspecified atom stereocenters. The molecule has 0 aliphatic heterocycles. The van der Waals surface area contributed by atoms with Gasteiger partial charge in [-0.25, -0.2) is 17.1 Å². The molecular formula is C19H30FNO6S. The number of carboxylic acid groups (broad SMARTS) is 1. The summed E-state index contributed by atoms with van der Waals surface area (Å²) in [5, 5.41) is 18.6. The second-order valence-electron chi connectivity index (χ2n) is 6.76. The Labute approximate surface area is 166 Å². The van der Waals surface area contributed by atoms with Gasteiger partial charge in [0.25, 0.3) is 0 Å². The van der Waals surface area contributed by atoms with Crippen LogP contribution >= 0.6 is 0 Å². The van der Waals surface area contributed by atoms with Gasteiger partial charge in [-0.1, -0.05) is 25.0 Å². The number of para-hydroxylation sites is 1. The molecule has 0 aliphatic carbocycles. The number of aliphatic hydroxyl groups excluding tert-OH is 1. The van der Waals surface area contributed by atoms with Crippen LogP contribution in [0.4, 0.5) is 4.39 Å². The van der Waals surface area contributed by atoms with E-state index in [-0.39, 0.29) is 25.3 Å². The summed E-state index contributed by atoms with van der Waals surface area (Å²) in [6.07, 6.45) is 3.99. The lowest BCUT2D eigenvalue weighted by Crippen LogP contribution is -2.32. The van der Waals surface area contributed by atoms with Gasteiger partial charge in [0.15, 0.2) is 11.6 Å². The predicted octanol–water partition coefficient (Wildman–Crippen LogP) is 2.64. The van der Waals surface area contributed by atoms with Gasteiger partial charge in [-0.2, -0.15) is 0 Å². The zero-order valence-electron chi connectivity index (χ0n) is 16.2. The topological polar surface area (TPSA) is 104 Å². The van der Waals surface area contributed by atoms with Crippen molar-refractivity contribution in [2.24, 2.45) is 0 Å². The molecule has 0 radical (unpaired) electrons. The summed E-state index contributed by atoms with van der Waals surface area (Å²) in [6.45, 7) is 0.585. The van der Waals surface area contributed by atoms with Gasteiger partial charge in [0, 0.05) is 19.5 Å². The number of halogens is 1. The van der Waals surface area contributed by atoms with Crippen LogP contribution in [0.25, 0.3) is 0 Å². The second kappa shape index (κ2) is 12.7. The fourth-order valence-electron chi connectivity index (χ4n) is 2.70. The summed E-state index contributed by atoms with van der Waals surface area (Å²) in [6, 6.07) is 5.93. The number of sulfonamides is 1. The van der Waals surface area contributed by atoms with Crippen LogP contribution in [0, 0.1) is 5.82 Å². The third-order valence-electron chi connectivity index (χ3n) is 4.23. The zero-order chi connectivity index (χ0) is 21.0. The molecule has 9 heteroatoms. The quantitative estimate of drug-likeness (QED) is 0.424. The molecule has 0 heterocycles. The molecule has 28 heavy (non-hydrogen) atoms. The van der Waals surface area contributed by atoms with E-state index in [0.29, 0.717) is 32.2 Å². The summed E-state index contributed by atoms with van der Waals surface area (Å²) >= 11 is 0. The molecule has 0 fully saturated rings. The van der Waals surface area contributed by atoms with Crippen LogP contribution in [0.2, 0.25) is 0 Å². The van der Waals surface area contributed by atoms with Gasteiger partial charge in [-0.3, -0.25) is 4.79 Å². The van der Waals surface area contributed by atoms with E-state index >= 15 is 0 Å². The number of rotatable bonds is 15. The van der Waals surface area contributed by atoms with Gasteiger partial charge >= 0.3 is 5.97 Å². The van der Waals surface area contributed by atoms with Crippen molar-refractivity contribution in [3.63, 3.8) is 0 Å². The van der Waals surface area contributed by atoms with Crippen molar-refractivity contribution in [3.05, 3.63) is 30.1 Å². The van der Waals surface area contributed by atoms with Crippen molar-refractivity contribution in [1.82, 2.24) is 4.31 Å². The van der Waals surface area contributed by atoms with Crippen LogP contribution in [0.1, 0.15) is 44.9 Å². The first kappa shape index (κ1) is 24.3. The normalized spacial score (nSPS) is 12.9. The lowest BCUT2D eigenvalue weighted by molar-refractivity contribution is -0.137. The third-order valence-corrected chi connectivity index (χ3v) is 5.53. The maximum Gasteiger partial charge on any atom is 0.303 e. The highest BCUT2D eigenvalue weighted by Gasteiger charge is 2.17. The zero-order valence-corrected chi connectivity index (χ0v) is 17.0.